The summed E-state index contributed by atoms with van der Waals surface area (Å²) in [6, 6.07) is 0. The molecule has 22 heavy (non-hydrogen) atoms. The van der Waals surface area contributed by atoms with Crippen molar-refractivity contribution >= 4 is 5.97 Å². The summed E-state index contributed by atoms with van der Waals surface area (Å²) in [5.41, 5.74) is 2.03. The van der Waals surface area contributed by atoms with Gasteiger partial charge in [0.15, 0.2) is 0 Å². The van der Waals surface area contributed by atoms with Gasteiger partial charge in [0.2, 0.25) is 0 Å². The van der Waals surface area contributed by atoms with Crippen molar-refractivity contribution in [2.24, 2.45) is 5.92 Å². The Balaban J connectivity index is 1.76. The lowest BCUT2D eigenvalue weighted by molar-refractivity contribution is -0.140. The second-order valence-corrected chi connectivity index (χ2v) is 6.71. The van der Waals surface area contributed by atoms with E-state index in [1.165, 1.54) is 12.5 Å². The first-order chi connectivity index (χ1) is 10.4. The van der Waals surface area contributed by atoms with Crippen molar-refractivity contribution in [3.63, 3.8) is 0 Å². The van der Waals surface area contributed by atoms with Gasteiger partial charge in [-0.15, -0.1) is 0 Å². The summed E-state index contributed by atoms with van der Waals surface area (Å²) in [5.74, 6) is 0.686. The molecule has 2 heterocycles. The van der Waals surface area contributed by atoms with E-state index in [-0.39, 0.29) is 29.7 Å². The van der Waals surface area contributed by atoms with Gasteiger partial charge in [0.05, 0.1) is 5.60 Å². The van der Waals surface area contributed by atoms with Gasteiger partial charge in [-0.2, -0.15) is 0 Å². The second kappa shape index (κ2) is 5.58. The molecule has 1 aliphatic carbocycles. The minimum atomic E-state index is -0.240. The van der Waals surface area contributed by atoms with Crippen LogP contribution in [0.25, 0.3) is 0 Å². The molecule has 4 heteroatoms. The Hall–Kier alpha value is -1.55. The summed E-state index contributed by atoms with van der Waals surface area (Å²) in [6.07, 6.45) is 6.05. The molecule has 3 rings (SSSR count). The van der Waals surface area contributed by atoms with Crippen molar-refractivity contribution in [3.8, 4) is 0 Å². The molecule has 0 spiro atoms. The van der Waals surface area contributed by atoms with E-state index in [2.05, 4.69) is 26.2 Å². The minimum Gasteiger partial charge on any atom is -0.487 e. The molecule has 120 valence electrons. The first kappa shape index (κ1) is 15.3. The van der Waals surface area contributed by atoms with E-state index < -0.39 is 0 Å². The molecule has 4 atom stereocenters. The van der Waals surface area contributed by atoms with Crippen molar-refractivity contribution in [2.45, 2.75) is 57.3 Å². The maximum absolute atomic E-state index is 11.0. The predicted octanol–water partition coefficient (Wildman–Crippen LogP) is 3.29. The van der Waals surface area contributed by atoms with Crippen LogP contribution in [-0.2, 0) is 19.0 Å². The number of carbonyl (C=O) groups is 1. The molecule has 0 N–H and O–H groups in total. The lowest BCUT2D eigenvalue weighted by Gasteiger charge is -2.20. The third-order valence-electron chi connectivity index (χ3n) is 5.03. The molecule has 0 aromatic heterocycles. The molecule has 0 saturated carbocycles. The van der Waals surface area contributed by atoms with Crippen LogP contribution in [0, 0.1) is 5.92 Å². The predicted molar refractivity (Wildman–Crippen MR) is 83.1 cm³/mol. The fourth-order valence-corrected chi connectivity index (χ4v) is 3.54. The number of hydrogen-bond donors (Lipinski definition) is 0. The quantitative estimate of drug-likeness (QED) is 0.446. The molecule has 3 aliphatic rings. The van der Waals surface area contributed by atoms with Crippen molar-refractivity contribution in [1.82, 2.24) is 0 Å². The van der Waals surface area contributed by atoms with Gasteiger partial charge < -0.3 is 14.2 Å². The SMILES string of the molecule is C=C1O[C@H]2[C@@H](CC/C(COC(C)=O)=C\CC[C@@]3(C)O[C@@H]23)C1=C. The first-order valence-corrected chi connectivity index (χ1v) is 7.94. The average Bonchev–Trinajstić information content (AvgIpc) is 3.04. The van der Waals surface area contributed by atoms with Gasteiger partial charge >= 0.3 is 5.97 Å². The molecule has 4 nitrogen and oxygen atoms in total. The van der Waals surface area contributed by atoms with Crippen LogP contribution in [0.2, 0.25) is 0 Å². The van der Waals surface area contributed by atoms with Crippen molar-refractivity contribution in [3.05, 3.63) is 36.1 Å². The number of ether oxygens (including phenoxy) is 3. The third-order valence-corrected chi connectivity index (χ3v) is 5.03. The first-order valence-electron chi connectivity index (χ1n) is 7.94. The Morgan fingerprint density at radius 1 is 1.50 bits per heavy atom. The molecular weight excluding hydrogens is 280 g/mol. The zero-order valence-electron chi connectivity index (χ0n) is 13.4. The van der Waals surface area contributed by atoms with E-state index in [4.69, 9.17) is 14.2 Å². The maximum atomic E-state index is 11.0. The van der Waals surface area contributed by atoms with Crippen LogP contribution in [0.1, 0.15) is 39.5 Å². The molecule has 2 saturated heterocycles. The third kappa shape index (κ3) is 2.84. The Morgan fingerprint density at radius 3 is 3.00 bits per heavy atom. The minimum absolute atomic E-state index is 0.0260. The topological polar surface area (TPSA) is 48.1 Å². The van der Waals surface area contributed by atoms with Gasteiger partial charge in [0.25, 0.3) is 0 Å². The lowest BCUT2D eigenvalue weighted by Crippen LogP contribution is -2.28. The second-order valence-electron chi connectivity index (χ2n) is 6.71. The Bertz CT molecular complexity index is 547. The molecule has 0 aromatic rings. The Labute approximate surface area is 131 Å². The normalized spacial score (nSPS) is 39.9. The van der Waals surface area contributed by atoms with Gasteiger partial charge in [-0.1, -0.05) is 19.2 Å². The molecule has 0 unspecified atom stereocenters. The number of allylic oxidation sites excluding steroid dienone is 2. The number of esters is 1. The molecule has 0 radical (unpaired) electrons. The van der Waals surface area contributed by atoms with Crippen LogP contribution in [0.5, 0.6) is 0 Å². The highest BCUT2D eigenvalue weighted by atomic mass is 16.6. The molecular formula is C18H24O4. The number of epoxide rings is 1. The molecule has 2 aliphatic heterocycles. The fourth-order valence-electron chi connectivity index (χ4n) is 3.54. The molecule has 2 fully saturated rings. The summed E-state index contributed by atoms with van der Waals surface area (Å²) in [4.78, 5) is 11.0. The van der Waals surface area contributed by atoms with Crippen LogP contribution in [0.4, 0.5) is 0 Å². The lowest BCUT2D eigenvalue weighted by atomic mass is 9.83. The van der Waals surface area contributed by atoms with E-state index in [0.717, 1.165) is 31.3 Å². The fraction of sp³-hybridized carbons (Fsp3) is 0.611. The molecule has 0 bridgehead atoms. The highest BCUT2D eigenvalue weighted by molar-refractivity contribution is 5.66. The van der Waals surface area contributed by atoms with Gasteiger partial charge in [-0.3, -0.25) is 4.79 Å². The van der Waals surface area contributed by atoms with Crippen molar-refractivity contribution < 1.29 is 19.0 Å². The Kier molecular flexibility index (Phi) is 3.89. The van der Waals surface area contributed by atoms with Crippen LogP contribution < -0.4 is 0 Å². The number of rotatable bonds is 2. The molecule has 0 amide bonds. The van der Waals surface area contributed by atoms with Gasteiger partial charge in [-0.05, 0) is 43.8 Å². The van der Waals surface area contributed by atoms with E-state index in [9.17, 15) is 4.79 Å². The van der Waals surface area contributed by atoms with Gasteiger partial charge in [0.1, 0.15) is 24.6 Å². The summed E-state index contributed by atoms with van der Waals surface area (Å²) >= 11 is 0. The number of carbonyl (C=O) groups excluding carboxylic acids is 1. The maximum Gasteiger partial charge on any atom is 0.302 e. The summed E-state index contributed by atoms with van der Waals surface area (Å²) in [5, 5.41) is 0. The monoisotopic (exact) mass is 304 g/mol. The van der Waals surface area contributed by atoms with E-state index in [0.29, 0.717) is 12.4 Å². The zero-order valence-corrected chi connectivity index (χ0v) is 13.4. The van der Waals surface area contributed by atoms with Crippen molar-refractivity contribution in [2.75, 3.05) is 6.61 Å². The largest absolute Gasteiger partial charge is 0.487 e. The van der Waals surface area contributed by atoms with Crippen LogP contribution >= 0.6 is 0 Å². The Morgan fingerprint density at radius 2 is 2.27 bits per heavy atom. The highest BCUT2D eigenvalue weighted by Gasteiger charge is 2.60. The standard InChI is InChI=1S/C18H24O4/c1-11-12(2)21-16-15(11)8-7-14(10-20-13(3)19)6-5-9-18(4)17(16)22-18/h6,15-17H,1-2,5,7-10H2,3-4H3/b14-6+/t15-,16-,17-,18+/m0/s1. The van der Waals surface area contributed by atoms with Crippen LogP contribution in [-0.4, -0.2) is 30.4 Å². The summed E-state index contributed by atoms with van der Waals surface area (Å²) < 4.78 is 17.1. The average molecular weight is 304 g/mol. The van der Waals surface area contributed by atoms with Gasteiger partial charge in [-0.25, -0.2) is 0 Å². The summed E-state index contributed by atoms with van der Waals surface area (Å²) in [7, 11) is 0. The van der Waals surface area contributed by atoms with Crippen LogP contribution in [0.3, 0.4) is 0 Å². The van der Waals surface area contributed by atoms with Gasteiger partial charge in [0, 0.05) is 12.8 Å². The smallest absolute Gasteiger partial charge is 0.302 e. The number of hydrogen-bond acceptors (Lipinski definition) is 4. The summed E-state index contributed by atoms with van der Waals surface area (Å²) in [6.45, 7) is 12.1. The van der Waals surface area contributed by atoms with Crippen molar-refractivity contribution in [1.29, 1.82) is 0 Å². The molecule has 0 aromatic carbocycles. The van der Waals surface area contributed by atoms with E-state index >= 15 is 0 Å². The zero-order chi connectivity index (χ0) is 15.9. The van der Waals surface area contributed by atoms with E-state index in [1.807, 2.05) is 0 Å². The van der Waals surface area contributed by atoms with Crippen LogP contribution in [0.15, 0.2) is 36.1 Å². The van der Waals surface area contributed by atoms with E-state index in [1.54, 1.807) is 0 Å². The number of fused-ring (bicyclic) bond motifs is 3. The highest BCUT2D eigenvalue weighted by Crippen LogP contribution is 2.51.